The van der Waals surface area contributed by atoms with E-state index < -0.39 is 0 Å². The summed E-state index contributed by atoms with van der Waals surface area (Å²) in [5, 5.41) is 7.90. The van der Waals surface area contributed by atoms with Gasteiger partial charge in [-0.05, 0) is 44.0 Å². The Bertz CT molecular complexity index is 516. The van der Waals surface area contributed by atoms with Crippen molar-refractivity contribution in [1.82, 2.24) is 20.1 Å². The number of aryl methyl sites for hydroxylation is 3. The van der Waals surface area contributed by atoms with Crippen LogP contribution in [0.2, 0.25) is 0 Å². The Morgan fingerprint density at radius 1 is 1.28 bits per heavy atom. The molecule has 2 heterocycles. The van der Waals surface area contributed by atoms with Crippen LogP contribution in [0.5, 0.6) is 0 Å². The Labute approximate surface area is 108 Å². The van der Waals surface area contributed by atoms with Gasteiger partial charge >= 0.3 is 0 Å². The van der Waals surface area contributed by atoms with Crippen molar-refractivity contribution in [2.45, 2.75) is 40.4 Å². The lowest BCUT2D eigenvalue weighted by molar-refractivity contribution is 0.578. The number of nitrogens with one attached hydrogen (secondary N) is 1. The molecule has 0 spiro atoms. The van der Waals surface area contributed by atoms with Crippen LogP contribution in [0.25, 0.3) is 0 Å². The molecule has 0 atom stereocenters. The van der Waals surface area contributed by atoms with Gasteiger partial charge in [0.25, 0.3) is 0 Å². The van der Waals surface area contributed by atoms with Crippen molar-refractivity contribution < 1.29 is 0 Å². The van der Waals surface area contributed by atoms with Gasteiger partial charge in [-0.15, -0.1) is 0 Å². The van der Waals surface area contributed by atoms with Crippen LogP contribution in [0.15, 0.2) is 24.5 Å². The largest absolute Gasteiger partial charge is 0.307 e. The zero-order chi connectivity index (χ0) is 13.0. The summed E-state index contributed by atoms with van der Waals surface area (Å²) < 4.78 is 2.04. The first-order chi connectivity index (χ1) is 8.70. The highest BCUT2D eigenvalue weighted by atomic mass is 15.3. The molecule has 96 valence electrons. The van der Waals surface area contributed by atoms with Gasteiger partial charge in [-0.25, -0.2) is 0 Å². The minimum atomic E-state index is 0.844. The van der Waals surface area contributed by atoms with Crippen molar-refractivity contribution in [2.24, 2.45) is 0 Å². The lowest BCUT2D eigenvalue weighted by Crippen LogP contribution is -2.16. The standard InChI is InChI=1S/C14H20N4/c1-4-18-14(7-12(3)17-18)10-16-9-13-5-6-15-8-11(13)2/h5-8,16H,4,9-10H2,1-3H3. The number of hydrogen-bond donors (Lipinski definition) is 1. The molecule has 18 heavy (non-hydrogen) atoms. The third kappa shape index (κ3) is 2.96. The van der Waals surface area contributed by atoms with Gasteiger partial charge in [-0.2, -0.15) is 5.10 Å². The molecule has 0 amide bonds. The Morgan fingerprint density at radius 3 is 2.83 bits per heavy atom. The summed E-state index contributed by atoms with van der Waals surface area (Å²) in [5.74, 6) is 0. The molecule has 0 aromatic carbocycles. The molecule has 4 nitrogen and oxygen atoms in total. The molecule has 0 saturated heterocycles. The number of rotatable bonds is 5. The van der Waals surface area contributed by atoms with E-state index in [0.717, 1.165) is 25.3 Å². The molecule has 1 N–H and O–H groups in total. The second kappa shape index (κ2) is 5.78. The van der Waals surface area contributed by atoms with Crippen LogP contribution >= 0.6 is 0 Å². The molecule has 2 aromatic rings. The zero-order valence-corrected chi connectivity index (χ0v) is 11.3. The molecule has 0 fully saturated rings. The van der Waals surface area contributed by atoms with Gasteiger partial charge in [0.15, 0.2) is 0 Å². The summed E-state index contributed by atoms with van der Waals surface area (Å²) in [6, 6.07) is 4.20. The molecule has 0 saturated carbocycles. The van der Waals surface area contributed by atoms with Gasteiger partial charge in [-0.3, -0.25) is 9.67 Å². The predicted octanol–water partition coefficient (Wildman–Crippen LogP) is 2.20. The van der Waals surface area contributed by atoms with Gasteiger partial charge in [0, 0.05) is 32.0 Å². The van der Waals surface area contributed by atoms with Crippen LogP contribution in [0.3, 0.4) is 0 Å². The summed E-state index contributed by atoms with van der Waals surface area (Å²) in [4.78, 5) is 4.10. The molecule has 0 aliphatic rings. The van der Waals surface area contributed by atoms with Crippen molar-refractivity contribution in [1.29, 1.82) is 0 Å². The van der Waals surface area contributed by atoms with E-state index in [1.54, 1.807) is 0 Å². The smallest absolute Gasteiger partial charge is 0.0597 e. The molecular weight excluding hydrogens is 224 g/mol. The second-order valence-corrected chi connectivity index (χ2v) is 4.50. The minimum Gasteiger partial charge on any atom is -0.307 e. The second-order valence-electron chi connectivity index (χ2n) is 4.50. The Kier molecular flexibility index (Phi) is 4.10. The van der Waals surface area contributed by atoms with E-state index in [1.807, 2.05) is 24.0 Å². The molecule has 0 aliphatic carbocycles. The van der Waals surface area contributed by atoms with Crippen LogP contribution in [0, 0.1) is 13.8 Å². The van der Waals surface area contributed by atoms with E-state index in [2.05, 4.69) is 41.4 Å². The SMILES string of the molecule is CCn1nc(C)cc1CNCc1ccncc1C. The van der Waals surface area contributed by atoms with Crippen molar-refractivity contribution >= 4 is 0 Å². The fourth-order valence-corrected chi connectivity index (χ4v) is 2.04. The van der Waals surface area contributed by atoms with Gasteiger partial charge in [0.2, 0.25) is 0 Å². The molecule has 0 aliphatic heterocycles. The van der Waals surface area contributed by atoms with E-state index in [9.17, 15) is 0 Å². The Morgan fingerprint density at radius 2 is 2.11 bits per heavy atom. The predicted molar refractivity (Wildman–Crippen MR) is 72.2 cm³/mol. The highest BCUT2D eigenvalue weighted by Gasteiger charge is 2.03. The van der Waals surface area contributed by atoms with E-state index in [1.165, 1.54) is 16.8 Å². The summed E-state index contributed by atoms with van der Waals surface area (Å²) in [6.45, 7) is 8.86. The number of aromatic nitrogens is 3. The van der Waals surface area contributed by atoms with Crippen LogP contribution in [-0.2, 0) is 19.6 Å². The van der Waals surface area contributed by atoms with Crippen molar-refractivity contribution in [2.75, 3.05) is 0 Å². The van der Waals surface area contributed by atoms with E-state index in [-0.39, 0.29) is 0 Å². The summed E-state index contributed by atoms with van der Waals surface area (Å²) >= 11 is 0. The van der Waals surface area contributed by atoms with Crippen LogP contribution < -0.4 is 5.32 Å². The number of nitrogens with zero attached hydrogens (tertiary/aromatic N) is 3. The summed E-state index contributed by atoms with van der Waals surface area (Å²) in [5.41, 5.74) is 4.84. The molecule has 4 heteroatoms. The topological polar surface area (TPSA) is 42.7 Å². The van der Waals surface area contributed by atoms with E-state index >= 15 is 0 Å². The van der Waals surface area contributed by atoms with Gasteiger partial charge < -0.3 is 5.32 Å². The lowest BCUT2D eigenvalue weighted by Gasteiger charge is -2.08. The van der Waals surface area contributed by atoms with Crippen LogP contribution in [-0.4, -0.2) is 14.8 Å². The van der Waals surface area contributed by atoms with Crippen molar-refractivity contribution in [3.8, 4) is 0 Å². The maximum atomic E-state index is 4.44. The first kappa shape index (κ1) is 12.8. The normalized spacial score (nSPS) is 10.8. The summed E-state index contributed by atoms with van der Waals surface area (Å²) in [7, 11) is 0. The molecular formula is C14H20N4. The highest BCUT2D eigenvalue weighted by molar-refractivity contribution is 5.21. The molecule has 0 bridgehead atoms. The minimum absolute atomic E-state index is 0.844. The third-order valence-corrected chi connectivity index (χ3v) is 3.04. The Balaban J connectivity index is 1.94. The summed E-state index contributed by atoms with van der Waals surface area (Å²) in [6.07, 6.45) is 3.74. The van der Waals surface area contributed by atoms with Gasteiger partial charge in [0.1, 0.15) is 0 Å². The lowest BCUT2D eigenvalue weighted by atomic mass is 10.1. The Hall–Kier alpha value is -1.68. The van der Waals surface area contributed by atoms with Crippen molar-refractivity contribution in [3.63, 3.8) is 0 Å². The molecule has 0 radical (unpaired) electrons. The average Bonchev–Trinajstić information content (AvgIpc) is 2.72. The number of pyridine rings is 1. The molecule has 2 rings (SSSR count). The molecule has 2 aromatic heterocycles. The van der Waals surface area contributed by atoms with Crippen LogP contribution in [0.4, 0.5) is 0 Å². The number of hydrogen-bond acceptors (Lipinski definition) is 3. The maximum Gasteiger partial charge on any atom is 0.0597 e. The van der Waals surface area contributed by atoms with Crippen LogP contribution in [0.1, 0.15) is 29.4 Å². The third-order valence-electron chi connectivity index (χ3n) is 3.04. The average molecular weight is 244 g/mol. The first-order valence-electron chi connectivity index (χ1n) is 6.34. The monoisotopic (exact) mass is 244 g/mol. The molecule has 0 unspecified atom stereocenters. The van der Waals surface area contributed by atoms with Gasteiger partial charge in [0.05, 0.1) is 11.4 Å². The fourth-order valence-electron chi connectivity index (χ4n) is 2.04. The van der Waals surface area contributed by atoms with E-state index in [0.29, 0.717) is 0 Å². The van der Waals surface area contributed by atoms with Crippen molar-refractivity contribution in [3.05, 3.63) is 47.0 Å². The quantitative estimate of drug-likeness (QED) is 0.877. The van der Waals surface area contributed by atoms with E-state index in [4.69, 9.17) is 0 Å². The van der Waals surface area contributed by atoms with Gasteiger partial charge in [-0.1, -0.05) is 0 Å². The first-order valence-corrected chi connectivity index (χ1v) is 6.34. The highest BCUT2D eigenvalue weighted by Crippen LogP contribution is 2.06. The maximum absolute atomic E-state index is 4.44. The fraction of sp³-hybridized carbons (Fsp3) is 0.429. The zero-order valence-electron chi connectivity index (χ0n) is 11.3.